The second-order valence-electron chi connectivity index (χ2n) is 6.47. The number of aliphatic hydroxyl groups is 1. The minimum absolute atomic E-state index is 0.0198. The molecule has 0 atom stereocenters. The predicted octanol–water partition coefficient (Wildman–Crippen LogP) is 0.949. The van der Waals surface area contributed by atoms with Crippen molar-refractivity contribution in [3.8, 4) is 0 Å². The lowest BCUT2D eigenvalue weighted by Gasteiger charge is -2.08. The first-order chi connectivity index (χ1) is 11.9. The van der Waals surface area contributed by atoms with E-state index in [1.807, 2.05) is 18.4 Å². The summed E-state index contributed by atoms with van der Waals surface area (Å²) >= 11 is 0. The molecule has 0 aromatic carbocycles. The zero-order chi connectivity index (χ0) is 18.3. The largest absolute Gasteiger partial charge is 0.395 e. The van der Waals surface area contributed by atoms with E-state index in [1.165, 1.54) is 9.13 Å². The molecule has 3 aromatic heterocycles. The summed E-state index contributed by atoms with van der Waals surface area (Å²) in [5.74, 6) is 0.581. The maximum absolute atomic E-state index is 13.0. The topological polar surface area (TPSA) is 86.5 Å². The highest BCUT2D eigenvalue weighted by Crippen LogP contribution is 2.20. The van der Waals surface area contributed by atoms with Gasteiger partial charge in [0.15, 0.2) is 11.2 Å². The van der Waals surface area contributed by atoms with Gasteiger partial charge in [0.2, 0.25) is 5.78 Å². The normalized spacial score (nSPS) is 11.9. The van der Waals surface area contributed by atoms with Gasteiger partial charge in [0.1, 0.15) is 0 Å². The molecule has 0 amide bonds. The van der Waals surface area contributed by atoms with Gasteiger partial charge in [0, 0.05) is 31.5 Å². The molecule has 0 aliphatic rings. The lowest BCUT2D eigenvalue weighted by molar-refractivity contribution is 0.276. The average molecular weight is 347 g/mol. The van der Waals surface area contributed by atoms with Crippen molar-refractivity contribution in [1.82, 2.24) is 23.1 Å². The summed E-state index contributed by atoms with van der Waals surface area (Å²) in [5.41, 5.74) is 2.01. The van der Waals surface area contributed by atoms with E-state index in [-0.39, 0.29) is 17.9 Å². The molecule has 0 unspecified atom stereocenters. The van der Waals surface area contributed by atoms with Crippen LogP contribution in [0.15, 0.2) is 9.59 Å². The molecule has 8 nitrogen and oxygen atoms in total. The highest BCUT2D eigenvalue weighted by Gasteiger charge is 2.22. The Morgan fingerprint density at radius 2 is 1.76 bits per heavy atom. The molecule has 1 N–H and O–H groups in total. The van der Waals surface area contributed by atoms with Gasteiger partial charge in [0.25, 0.3) is 5.56 Å². The van der Waals surface area contributed by atoms with Crippen LogP contribution >= 0.6 is 0 Å². The van der Waals surface area contributed by atoms with Crippen LogP contribution in [-0.4, -0.2) is 34.8 Å². The van der Waals surface area contributed by atoms with Gasteiger partial charge < -0.3 is 9.67 Å². The molecule has 0 spiro atoms. The second-order valence-corrected chi connectivity index (χ2v) is 6.47. The van der Waals surface area contributed by atoms with Crippen LogP contribution in [0.1, 0.15) is 37.6 Å². The van der Waals surface area contributed by atoms with Crippen molar-refractivity contribution in [3.63, 3.8) is 0 Å². The molecule has 0 bridgehead atoms. The molecule has 0 radical (unpaired) electrons. The summed E-state index contributed by atoms with van der Waals surface area (Å²) in [5, 5.41) is 9.33. The van der Waals surface area contributed by atoms with Crippen molar-refractivity contribution < 1.29 is 5.11 Å². The van der Waals surface area contributed by atoms with Crippen LogP contribution in [0.2, 0.25) is 0 Å². The number of fused-ring (bicyclic) bond motifs is 3. The number of imidazole rings is 2. The third kappa shape index (κ3) is 2.52. The molecule has 25 heavy (non-hydrogen) atoms. The molecule has 8 heteroatoms. The van der Waals surface area contributed by atoms with Crippen LogP contribution in [0.25, 0.3) is 16.9 Å². The molecule has 3 rings (SSSR count). The smallest absolute Gasteiger partial charge is 0.332 e. The van der Waals surface area contributed by atoms with Crippen molar-refractivity contribution in [3.05, 3.63) is 32.2 Å². The lowest BCUT2D eigenvalue weighted by Crippen LogP contribution is -2.39. The lowest BCUT2D eigenvalue weighted by atomic mass is 10.2. The number of nitrogens with zero attached hydrogens (tertiary/aromatic N) is 5. The summed E-state index contributed by atoms with van der Waals surface area (Å²) in [6, 6.07) is 0. The fraction of sp³-hybridized carbons (Fsp3) is 0.588. The van der Waals surface area contributed by atoms with Crippen molar-refractivity contribution in [2.24, 2.45) is 7.05 Å². The zero-order valence-electron chi connectivity index (χ0n) is 15.2. The Hall–Kier alpha value is -2.35. The summed E-state index contributed by atoms with van der Waals surface area (Å²) in [6.07, 6.45) is 2.79. The maximum atomic E-state index is 13.0. The van der Waals surface area contributed by atoms with Gasteiger partial charge in [-0.2, -0.15) is 4.98 Å². The van der Waals surface area contributed by atoms with Crippen LogP contribution in [0.5, 0.6) is 0 Å². The Labute approximate surface area is 144 Å². The molecule has 0 saturated heterocycles. The van der Waals surface area contributed by atoms with E-state index in [1.54, 1.807) is 11.4 Å². The van der Waals surface area contributed by atoms with Crippen LogP contribution < -0.4 is 11.2 Å². The fourth-order valence-electron chi connectivity index (χ4n) is 3.40. The molecule has 0 fully saturated rings. The van der Waals surface area contributed by atoms with Crippen molar-refractivity contribution >= 4 is 16.9 Å². The van der Waals surface area contributed by atoms with E-state index in [2.05, 4.69) is 11.9 Å². The Kier molecular flexibility index (Phi) is 4.55. The number of unbranched alkanes of at least 4 members (excludes halogenated alkanes) is 2. The Morgan fingerprint density at radius 1 is 1.04 bits per heavy atom. The van der Waals surface area contributed by atoms with Crippen molar-refractivity contribution in [2.45, 2.75) is 53.1 Å². The molecule has 0 aliphatic heterocycles. The number of rotatable bonds is 6. The van der Waals surface area contributed by atoms with Crippen LogP contribution in [0.4, 0.5) is 0 Å². The standard InChI is InChI=1S/C17H25N5O3/c1-5-6-7-8-21-15(24)13-14(19(4)17(21)25)18-16-20(9-10-23)11(2)12(3)22(13)16/h23H,5-10H2,1-4H3. The van der Waals surface area contributed by atoms with Crippen LogP contribution in [0.3, 0.4) is 0 Å². The van der Waals surface area contributed by atoms with Crippen LogP contribution in [0, 0.1) is 13.8 Å². The second kappa shape index (κ2) is 6.51. The zero-order valence-corrected chi connectivity index (χ0v) is 15.2. The number of aliphatic hydroxyl groups excluding tert-OH is 1. The highest BCUT2D eigenvalue weighted by molar-refractivity contribution is 5.76. The average Bonchev–Trinajstić information content (AvgIpc) is 3.08. The number of aromatic nitrogens is 5. The van der Waals surface area contributed by atoms with Gasteiger partial charge in [-0.3, -0.25) is 18.3 Å². The molecular weight excluding hydrogens is 322 g/mol. The van der Waals surface area contributed by atoms with E-state index < -0.39 is 0 Å². The minimum atomic E-state index is -0.336. The third-order valence-corrected chi connectivity index (χ3v) is 4.94. The van der Waals surface area contributed by atoms with Gasteiger partial charge in [0.05, 0.1) is 6.61 Å². The minimum Gasteiger partial charge on any atom is -0.395 e. The van der Waals surface area contributed by atoms with Crippen molar-refractivity contribution in [2.75, 3.05) is 6.61 Å². The first-order valence-corrected chi connectivity index (χ1v) is 8.72. The van der Waals surface area contributed by atoms with E-state index in [0.29, 0.717) is 30.0 Å². The van der Waals surface area contributed by atoms with Gasteiger partial charge in [-0.25, -0.2) is 4.79 Å². The first kappa shape index (κ1) is 17.5. The molecule has 0 saturated carbocycles. The van der Waals surface area contributed by atoms with Gasteiger partial charge in [-0.05, 0) is 20.3 Å². The van der Waals surface area contributed by atoms with E-state index in [9.17, 15) is 14.7 Å². The molecular formula is C17H25N5O3. The number of aryl methyl sites for hydroxylation is 2. The third-order valence-electron chi connectivity index (χ3n) is 4.94. The summed E-state index contributed by atoms with van der Waals surface area (Å²) in [7, 11) is 1.64. The maximum Gasteiger partial charge on any atom is 0.332 e. The molecule has 0 aliphatic carbocycles. The van der Waals surface area contributed by atoms with Gasteiger partial charge in [-0.1, -0.05) is 19.8 Å². The Morgan fingerprint density at radius 3 is 2.40 bits per heavy atom. The fourth-order valence-corrected chi connectivity index (χ4v) is 3.40. The molecule has 3 aromatic rings. The number of hydrogen-bond donors (Lipinski definition) is 1. The summed E-state index contributed by atoms with van der Waals surface area (Å²) in [4.78, 5) is 30.2. The van der Waals surface area contributed by atoms with E-state index in [0.717, 1.165) is 30.7 Å². The van der Waals surface area contributed by atoms with E-state index >= 15 is 0 Å². The number of hydrogen-bond acceptors (Lipinski definition) is 4. The summed E-state index contributed by atoms with van der Waals surface area (Å²) in [6.45, 7) is 6.73. The Balaban J connectivity index is 2.37. The quantitative estimate of drug-likeness (QED) is 0.673. The van der Waals surface area contributed by atoms with Crippen LogP contribution in [-0.2, 0) is 20.1 Å². The van der Waals surface area contributed by atoms with Crippen molar-refractivity contribution in [1.29, 1.82) is 0 Å². The Bertz CT molecular complexity index is 1050. The highest BCUT2D eigenvalue weighted by atomic mass is 16.3. The predicted molar refractivity (Wildman–Crippen MR) is 96.3 cm³/mol. The first-order valence-electron chi connectivity index (χ1n) is 8.72. The monoisotopic (exact) mass is 347 g/mol. The molecule has 3 heterocycles. The molecule has 136 valence electrons. The summed E-state index contributed by atoms with van der Waals surface area (Å²) < 4.78 is 6.43. The van der Waals surface area contributed by atoms with Gasteiger partial charge in [-0.15, -0.1) is 0 Å². The SMILES string of the molecule is CCCCCn1c(=O)c2c(nc3n(CCO)c(C)c(C)n23)n(C)c1=O. The van der Waals surface area contributed by atoms with Gasteiger partial charge >= 0.3 is 5.69 Å². The van der Waals surface area contributed by atoms with E-state index in [4.69, 9.17) is 0 Å².